The highest BCUT2D eigenvalue weighted by molar-refractivity contribution is 6.31. The third-order valence-corrected chi connectivity index (χ3v) is 4.74. The van der Waals surface area contributed by atoms with Gasteiger partial charge >= 0.3 is 0 Å². The van der Waals surface area contributed by atoms with E-state index < -0.39 is 0 Å². The number of aromatic nitrogens is 2. The molecule has 0 aliphatic carbocycles. The summed E-state index contributed by atoms with van der Waals surface area (Å²) in [5.74, 6) is 1.57. The molecule has 1 aromatic heterocycles. The molecule has 27 heavy (non-hydrogen) atoms. The summed E-state index contributed by atoms with van der Waals surface area (Å²) in [5, 5.41) is 4.46. The number of hydrogen-bond acceptors (Lipinski definition) is 5. The second-order valence-electron chi connectivity index (χ2n) is 6.39. The maximum Gasteiger partial charge on any atom is 0.258 e. The Morgan fingerprint density at radius 2 is 2.04 bits per heavy atom. The van der Waals surface area contributed by atoms with E-state index in [-0.39, 0.29) is 12.0 Å². The van der Waals surface area contributed by atoms with E-state index in [1.54, 1.807) is 42.2 Å². The van der Waals surface area contributed by atoms with Gasteiger partial charge in [-0.1, -0.05) is 35.8 Å². The van der Waals surface area contributed by atoms with Crippen molar-refractivity contribution in [3.63, 3.8) is 0 Å². The van der Waals surface area contributed by atoms with Crippen molar-refractivity contribution in [3.8, 4) is 17.1 Å². The Balaban J connectivity index is 1.65. The van der Waals surface area contributed by atoms with Crippen LogP contribution in [0.4, 0.5) is 5.69 Å². The Morgan fingerprint density at radius 1 is 1.26 bits per heavy atom. The molecule has 7 heteroatoms. The molecular formula is C20H18ClN3O3. The lowest BCUT2D eigenvalue weighted by molar-refractivity contribution is 0.0954. The normalized spacial score (nSPS) is 16.0. The fourth-order valence-corrected chi connectivity index (χ4v) is 3.23. The molecule has 0 radical (unpaired) electrons. The van der Waals surface area contributed by atoms with Crippen LogP contribution < -0.4 is 9.64 Å². The average molecular weight is 384 g/mol. The van der Waals surface area contributed by atoms with Crippen LogP contribution in [0.3, 0.4) is 0 Å². The average Bonchev–Trinajstić information content (AvgIpc) is 3.13. The molecule has 2 heterocycles. The molecule has 0 spiro atoms. The van der Waals surface area contributed by atoms with E-state index in [9.17, 15) is 4.79 Å². The van der Waals surface area contributed by atoms with E-state index in [0.29, 0.717) is 40.3 Å². The number of halogens is 1. The molecule has 1 amide bonds. The predicted molar refractivity (Wildman–Crippen MR) is 102 cm³/mol. The molecule has 0 saturated heterocycles. The molecule has 3 aromatic rings. The molecule has 1 atom stereocenters. The van der Waals surface area contributed by atoms with E-state index in [1.165, 1.54) is 0 Å². The van der Waals surface area contributed by atoms with Crippen LogP contribution in [0.1, 0.15) is 29.6 Å². The number of hydrogen-bond donors (Lipinski definition) is 0. The second-order valence-corrected chi connectivity index (χ2v) is 6.83. The van der Waals surface area contributed by atoms with Crippen molar-refractivity contribution in [2.45, 2.75) is 26.4 Å². The molecule has 1 aliphatic rings. The quantitative estimate of drug-likeness (QED) is 0.665. The van der Waals surface area contributed by atoms with Gasteiger partial charge in [0.25, 0.3) is 5.91 Å². The maximum atomic E-state index is 13.2. The van der Waals surface area contributed by atoms with Gasteiger partial charge in [0.2, 0.25) is 11.7 Å². The van der Waals surface area contributed by atoms with Gasteiger partial charge in [0.05, 0.1) is 12.2 Å². The largest absolute Gasteiger partial charge is 0.486 e. The number of rotatable bonds is 3. The fraction of sp³-hybridized carbons (Fsp3) is 0.250. The Bertz CT molecular complexity index is 984. The molecule has 0 unspecified atom stereocenters. The van der Waals surface area contributed by atoms with Crippen molar-refractivity contribution in [3.05, 3.63) is 58.9 Å². The van der Waals surface area contributed by atoms with Crippen molar-refractivity contribution in [2.75, 3.05) is 11.4 Å². The number of carbonyl (C=O) groups excluding carboxylic acids is 1. The van der Waals surface area contributed by atoms with Gasteiger partial charge in [-0.15, -0.1) is 0 Å². The van der Waals surface area contributed by atoms with E-state index >= 15 is 0 Å². The number of anilines is 1. The zero-order valence-electron chi connectivity index (χ0n) is 15.0. The standard InChI is InChI=1S/C20H18ClN3O3/c1-3-16-11-24(17-10-15(21)8-9-18(17)26-16)20(25)14-6-4-13(5-7-14)19-22-12(2)27-23-19/h4-10,16H,3,11H2,1-2H3/t16-/m0/s1. The summed E-state index contributed by atoms with van der Waals surface area (Å²) < 4.78 is 11.0. The van der Waals surface area contributed by atoms with Crippen molar-refractivity contribution < 1.29 is 14.1 Å². The lowest BCUT2D eigenvalue weighted by Gasteiger charge is -2.34. The summed E-state index contributed by atoms with van der Waals surface area (Å²) in [7, 11) is 0. The van der Waals surface area contributed by atoms with Crippen LogP contribution >= 0.6 is 11.6 Å². The van der Waals surface area contributed by atoms with E-state index in [1.807, 2.05) is 19.1 Å². The van der Waals surface area contributed by atoms with Gasteiger partial charge in [-0.2, -0.15) is 4.98 Å². The Kier molecular flexibility index (Phi) is 4.58. The first kappa shape index (κ1) is 17.5. The fourth-order valence-electron chi connectivity index (χ4n) is 3.06. The van der Waals surface area contributed by atoms with Gasteiger partial charge in [0, 0.05) is 23.1 Å². The number of benzene rings is 2. The van der Waals surface area contributed by atoms with Gasteiger partial charge in [-0.05, 0) is 36.8 Å². The van der Waals surface area contributed by atoms with Crippen LogP contribution in [0, 0.1) is 6.92 Å². The molecule has 2 aromatic carbocycles. The van der Waals surface area contributed by atoms with Gasteiger partial charge in [-0.3, -0.25) is 4.79 Å². The summed E-state index contributed by atoms with van der Waals surface area (Å²) in [6.45, 7) is 4.25. The first-order chi connectivity index (χ1) is 13.0. The van der Waals surface area contributed by atoms with Gasteiger partial charge < -0.3 is 14.2 Å². The second kappa shape index (κ2) is 7.04. The zero-order chi connectivity index (χ0) is 19.0. The van der Waals surface area contributed by atoms with Gasteiger partial charge in [-0.25, -0.2) is 0 Å². The summed E-state index contributed by atoms with van der Waals surface area (Å²) in [6, 6.07) is 12.5. The molecule has 4 rings (SSSR count). The topological polar surface area (TPSA) is 68.5 Å². The summed E-state index contributed by atoms with van der Waals surface area (Å²) in [5.41, 5.74) is 2.05. The Morgan fingerprint density at radius 3 is 2.70 bits per heavy atom. The molecule has 0 fully saturated rings. The van der Waals surface area contributed by atoms with Crippen molar-refractivity contribution in [2.24, 2.45) is 0 Å². The minimum Gasteiger partial charge on any atom is -0.486 e. The monoisotopic (exact) mass is 383 g/mol. The van der Waals surface area contributed by atoms with Crippen molar-refractivity contribution in [1.29, 1.82) is 0 Å². The van der Waals surface area contributed by atoms with Gasteiger partial charge in [0.15, 0.2) is 0 Å². The number of aryl methyl sites for hydroxylation is 1. The number of nitrogens with zero attached hydrogens (tertiary/aromatic N) is 3. The molecule has 1 aliphatic heterocycles. The van der Waals surface area contributed by atoms with E-state index in [4.69, 9.17) is 20.9 Å². The van der Waals surface area contributed by atoms with Gasteiger partial charge in [0.1, 0.15) is 11.9 Å². The lowest BCUT2D eigenvalue weighted by Crippen LogP contribution is -2.43. The first-order valence-electron chi connectivity index (χ1n) is 8.74. The Hall–Kier alpha value is -2.86. The summed E-state index contributed by atoms with van der Waals surface area (Å²) >= 11 is 6.14. The summed E-state index contributed by atoms with van der Waals surface area (Å²) in [4.78, 5) is 19.1. The first-order valence-corrected chi connectivity index (χ1v) is 9.11. The number of amides is 1. The number of fused-ring (bicyclic) bond motifs is 1. The van der Waals surface area contributed by atoms with E-state index in [0.717, 1.165) is 12.0 Å². The van der Waals surface area contributed by atoms with Crippen LogP contribution in [-0.2, 0) is 0 Å². The maximum absolute atomic E-state index is 13.2. The predicted octanol–water partition coefficient (Wildman–Crippen LogP) is 4.52. The van der Waals surface area contributed by atoms with Crippen molar-refractivity contribution >= 4 is 23.2 Å². The number of carbonyl (C=O) groups is 1. The molecule has 138 valence electrons. The van der Waals surface area contributed by atoms with Crippen molar-refractivity contribution in [1.82, 2.24) is 10.1 Å². The minimum absolute atomic E-state index is 0.0517. The smallest absolute Gasteiger partial charge is 0.258 e. The van der Waals surface area contributed by atoms with Crippen LogP contribution in [0.5, 0.6) is 5.75 Å². The van der Waals surface area contributed by atoms with Crippen LogP contribution in [0.25, 0.3) is 11.4 Å². The van der Waals surface area contributed by atoms with Crippen LogP contribution in [0.2, 0.25) is 5.02 Å². The molecule has 0 N–H and O–H groups in total. The lowest BCUT2D eigenvalue weighted by atomic mass is 10.1. The summed E-state index contributed by atoms with van der Waals surface area (Å²) in [6.07, 6.45) is 0.756. The highest BCUT2D eigenvalue weighted by Gasteiger charge is 2.30. The molecular weight excluding hydrogens is 366 g/mol. The highest BCUT2D eigenvalue weighted by atomic mass is 35.5. The van der Waals surface area contributed by atoms with E-state index in [2.05, 4.69) is 10.1 Å². The van der Waals surface area contributed by atoms with Crippen LogP contribution in [-0.4, -0.2) is 28.7 Å². The number of ether oxygens (including phenoxy) is 1. The zero-order valence-corrected chi connectivity index (χ0v) is 15.7. The minimum atomic E-state index is -0.101. The van der Waals surface area contributed by atoms with Crippen LogP contribution in [0.15, 0.2) is 47.0 Å². The SMILES string of the molecule is CC[C@H]1CN(C(=O)c2ccc(-c3noc(C)n3)cc2)c2cc(Cl)ccc2O1. The highest BCUT2D eigenvalue weighted by Crippen LogP contribution is 2.37. The Labute approximate surface area is 161 Å². The molecule has 0 bridgehead atoms. The molecule has 6 nitrogen and oxygen atoms in total. The molecule has 0 saturated carbocycles. The third kappa shape index (κ3) is 3.40. The third-order valence-electron chi connectivity index (χ3n) is 4.51.